The van der Waals surface area contributed by atoms with Crippen LogP contribution in [0.4, 0.5) is 0 Å². The molecule has 0 amide bonds. The number of benzene rings is 2. The molecule has 0 nitrogen and oxygen atoms in total. The molecule has 0 aliphatic carbocycles. The molecule has 0 atom stereocenters. The van der Waals surface area contributed by atoms with Crippen molar-refractivity contribution in [2.45, 2.75) is 181 Å². The van der Waals surface area contributed by atoms with E-state index in [1.165, 1.54) is 187 Å². The Bertz CT molecular complexity index is 1720. The minimum atomic E-state index is 1.22. The zero-order valence-corrected chi connectivity index (χ0v) is 34.7. The van der Waals surface area contributed by atoms with Gasteiger partial charge in [-0.2, -0.15) is 0 Å². The lowest BCUT2D eigenvalue weighted by Gasteiger charge is -2.07. The molecule has 4 heteroatoms. The summed E-state index contributed by atoms with van der Waals surface area (Å²) >= 11 is 8.14. The van der Waals surface area contributed by atoms with Crippen LogP contribution in [0.25, 0.3) is 49.7 Å². The minimum absolute atomic E-state index is 1.22. The lowest BCUT2D eigenvalue weighted by atomic mass is 9.99. The monoisotopic (exact) mass is 744 g/mol. The molecule has 50 heavy (non-hydrogen) atoms. The molecular weight excluding hydrogens is 681 g/mol. The van der Waals surface area contributed by atoms with Crippen molar-refractivity contribution in [3.63, 3.8) is 0 Å². The first-order valence-corrected chi connectivity index (χ1v) is 24.4. The van der Waals surface area contributed by atoms with Crippen LogP contribution in [0.1, 0.15) is 179 Å². The second-order valence-electron chi connectivity index (χ2n) is 15.3. The Kier molecular flexibility index (Phi) is 15.8. The molecule has 0 unspecified atom stereocenters. The molecule has 0 N–H and O–H groups in total. The highest BCUT2D eigenvalue weighted by molar-refractivity contribution is 7.39. The average molecular weight is 745 g/mol. The lowest BCUT2D eigenvalue weighted by Crippen LogP contribution is -1.88. The summed E-state index contributed by atoms with van der Waals surface area (Å²) in [4.78, 5) is 0. The van der Waals surface area contributed by atoms with Crippen molar-refractivity contribution >= 4 is 95.1 Å². The summed E-state index contributed by atoms with van der Waals surface area (Å²) in [5, 5.41) is 10.8. The zero-order chi connectivity index (χ0) is 34.4. The summed E-state index contributed by atoms with van der Waals surface area (Å²) in [6.45, 7) is 4.62. The SMILES string of the molecule is CCCCCCCCCCCCCCc1cc2ccsc2c2sc3c(sc4c5sccc5cc(CCCCCCCCCCCCCC)c43)c12. The second kappa shape index (κ2) is 20.7. The fourth-order valence-corrected chi connectivity index (χ4v) is 13.4. The maximum Gasteiger partial charge on any atom is 0.0546 e. The summed E-state index contributed by atoms with van der Waals surface area (Å²) < 4.78 is 9.33. The Balaban J connectivity index is 1.09. The number of hydrogen-bond acceptors (Lipinski definition) is 4. The average Bonchev–Trinajstić information content (AvgIpc) is 3.92. The number of aryl methyl sites for hydroxylation is 2. The maximum absolute atomic E-state index is 2.57. The van der Waals surface area contributed by atoms with Gasteiger partial charge in [-0.1, -0.05) is 155 Å². The molecular formula is C46H64S4. The summed E-state index contributed by atoms with van der Waals surface area (Å²) in [6, 6.07) is 9.87. The Labute approximate surface area is 320 Å². The number of unbranched alkanes of at least 4 members (excludes halogenated alkanes) is 22. The van der Waals surface area contributed by atoms with E-state index in [-0.39, 0.29) is 0 Å². The highest BCUT2D eigenvalue weighted by atomic mass is 32.1. The number of rotatable bonds is 26. The largest absolute Gasteiger partial charge is 0.142 e. The summed E-state index contributed by atoms with van der Waals surface area (Å²) in [5.41, 5.74) is 3.22. The van der Waals surface area contributed by atoms with Crippen molar-refractivity contribution in [2.75, 3.05) is 0 Å². The Morgan fingerprint density at radius 3 is 1.00 bits per heavy atom. The molecule has 0 spiro atoms. The van der Waals surface area contributed by atoms with Crippen molar-refractivity contribution < 1.29 is 0 Å². The summed E-state index contributed by atoms with van der Waals surface area (Å²) in [7, 11) is 0. The van der Waals surface area contributed by atoms with Crippen LogP contribution < -0.4 is 0 Å². The molecule has 4 heterocycles. The minimum Gasteiger partial charge on any atom is -0.142 e. The fraction of sp³-hybridized carbons (Fsp3) is 0.609. The molecule has 4 aromatic heterocycles. The van der Waals surface area contributed by atoms with E-state index in [2.05, 4.69) is 71.5 Å². The highest BCUT2D eigenvalue weighted by Gasteiger charge is 2.21. The first kappa shape index (κ1) is 38.3. The van der Waals surface area contributed by atoms with E-state index in [4.69, 9.17) is 0 Å². The van der Waals surface area contributed by atoms with Gasteiger partial charge in [-0.15, -0.1) is 45.3 Å². The van der Waals surface area contributed by atoms with Gasteiger partial charge >= 0.3 is 0 Å². The topological polar surface area (TPSA) is 0 Å². The van der Waals surface area contributed by atoms with Crippen molar-refractivity contribution in [1.82, 2.24) is 0 Å². The van der Waals surface area contributed by atoms with E-state index in [0.717, 1.165) is 0 Å². The molecule has 6 rings (SSSR count). The third kappa shape index (κ3) is 9.94. The molecule has 0 fully saturated rings. The Morgan fingerprint density at radius 1 is 0.360 bits per heavy atom. The second-order valence-corrected chi connectivity index (χ2v) is 19.2. The highest BCUT2D eigenvalue weighted by Crippen LogP contribution is 2.52. The van der Waals surface area contributed by atoms with E-state index in [1.54, 1.807) is 40.7 Å². The first-order valence-electron chi connectivity index (χ1n) is 21.0. The van der Waals surface area contributed by atoms with Crippen LogP contribution in [0.15, 0.2) is 35.0 Å². The van der Waals surface area contributed by atoms with Gasteiger partial charge in [0.25, 0.3) is 0 Å². The third-order valence-corrected chi connectivity index (χ3v) is 16.0. The number of hydrogen-bond donors (Lipinski definition) is 0. The normalized spacial score (nSPS) is 12.3. The lowest BCUT2D eigenvalue weighted by molar-refractivity contribution is 0.544. The molecule has 0 saturated carbocycles. The van der Waals surface area contributed by atoms with Gasteiger partial charge in [-0.05, 0) is 82.6 Å². The van der Waals surface area contributed by atoms with Crippen LogP contribution in [0.3, 0.4) is 0 Å². The number of fused-ring (bicyclic) bond motifs is 9. The van der Waals surface area contributed by atoms with Crippen molar-refractivity contribution in [3.05, 3.63) is 46.2 Å². The predicted octanol–water partition coefficient (Wildman–Crippen LogP) is 18.2. The van der Waals surface area contributed by atoms with Gasteiger partial charge in [0.2, 0.25) is 0 Å². The van der Waals surface area contributed by atoms with E-state index in [1.807, 2.05) is 22.7 Å². The van der Waals surface area contributed by atoms with Gasteiger partial charge < -0.3 is 0 Å². The molecule has 0 aliphatic heterocycles. The molecule has 272 valence electrons. The van der Waals surface area contributed by atoms with Crippen LogP contribution in [-0.4, -0.2) is 0 Å². The molecule has 0 saturated heterocycles. The molecule has 0 bridgehead atoms. The quantitative estimate of drug-likeness (QED) is 0.0485. The molecule has 2 aromatic carbocycles. The van der Waals surface area contributed by atoms with E-state index < -0.39 is 0 Å². The van der Waals surface area contributed by atoms with Crippen LogP contribution in [0, 0.1) is 0 Å². The summed E-state index contributed by atoms with van der Waals surface area (Å²) in [6.07, 6.45) is 36.4. The molecule has 0 aliphatic rings. The van der Waals surface area contributed by atoms with E-state index >= 15 is 0 Å². The smallest absolute Gasteiger partial charge is 0.0546 e. The molecule has 6 aromatic rings. The van der Waals surface area contributed by atoms with Crippen LogP contribution in [-0.2, 0) is 12.8 Å². The zero-order valence-electron chi connectivity index (χ0n) is 31.5. The van der Waals surface area contributed by atoms with Gasteiger partial charge in [-0.25, -0.2) is 0 Å². The van der Waals surface area contributed by atoms with E-state index in [9.17, 15) is 0 Å². The predicted molar refractivity (Wildman–Crippen MR) is 235 cm³/mol. The Hall–Kier alpha value is -1.46. The van der Waals surface area contributed by atoms with Crippen LogP contribution in [0.2, 0.25) is 0 Å². The maximum atomic E-state index is 2.57. The van der Waals surface area contributed by atoms with Gasteiger partial charge in [0, 0.05) is 10.8 Å². The third-order valence-electron chi connectivity index (χ3n) is 11.2. The van der Waals surface area contributed by atoms with Crippen LogP contribution in [0.5, 0.6) is 0 Å². The fourth-order valence-electron chi connectivity index (χ4n) is 8.30. The van der Waals surface area contributed by atoms with Crippen LogP contribution >= 0.6 is 45.3 Å². The standard InChI is InChI=1S/C46H64S4/c1-3-5-7-9-11-13-15-17-19-21-23-25-27-35-33-37-29-31-47-41(37)43-39(35)45-46(49-43)40-36(34-38-30-32-48-42(38)44(40)50-45)28-26-24-22-20-18-16-14-12-10-8-6-4-2/h29-34H,3-28H2,1-2H3. The van der Waals surface area contributed by atoms with Crippen molar-refractivity contribution in [2.24, 2.45) is 0 Å². The van der Waals surface area contributed by atoms with Gasteiger partial charge in [-0.3, -0.25) is 0 Å². The summed E-state index contributed by atoms with van der Waals surface area (Å²) in [5.74, 6) is 0. The number of thiophene rings is 4. The Morgan fingerprint density at radius 2 is 0.660 bits per heavy atom. The van der Waals surface area contributed by atoms with Crippen molar-refractivity contribution in [1.29, 1.82) is 0 Å². The van der Waals surface area contributed by atoms with Gasteiger partial charge in [0.1, 0.15) is 0 Å². The first-order chi connectivity index (χ1) is 24.8. The van der Waals surface area contributed by atoms with E-state index in [0.29, 0.717) is 0 Å². The van der Waals surface area contributed by atoms with Gasteiger partial charge in [0.05, 0.1) is 28.2 Å². The molecule has 0 radical (unpaired) electrons. The van der Waals surface area contributed by atoms with Crippen molar-refractivity contribution in [3.8, 4) is 0 Å². The van der Waals surface area contributed by atoms with Gasteiger partial charge in [0.15, 0.2) is 0 Å².